The van der Waals surface area contributed by atoms with Crippen LogP contribution in [0.5, 0.6) is 0 Å². The smallest absolute Gasteiger partial charge is 0.313 e. The number of rotatable bonds is 4. The van der Waals surface area contributed by atoms with Gasteiger partial charge in [0.15, 0.2) is 11.5 Å². The lowest BCUT2D eigenvalue weighted by Gasteiger charge is -2.28. The van der Waals surface area contributed by atoms with Crippen molar-refractivity contribution in [3.8, 4) is 0 Å². The average Bonchev–Trinajstić information content (AvgIpc) is 2.19. The highest BCUT2D eigenvalue weighted by Gasteiger charge is 2.40. The molecule has 1 fully saturated rings. The predicted molar refractivity (Wildman–Crippen MR) is 52.2 cm³/mol. The number of hydrogen-bond acceptors (Lipinski definition) is 4. The van der Waals surface area contributed by atoms with E-state index in [0.29, 0.717) is 13.1 Å². The number of piperidine rings is 1. The van der Waals surface area contributed by atoms with Crippen molar-refractivity contribution in [2.75, 3.05) is 19.7 Å². The van der Waals surface area contributed by atoms with E-state index < -0.39 is 23.8 Å². The van der Waals surface area contributed by atoms with Gasteiger partial charge in [-0.3, -0.25) is 9.59 Å². The zero-order valence-electron chi connectivity index (χ0n) is 8.85. The van der Waals surface area contributed by atoms with E-state index in [9.17, 15) is 14.0 Å². The minimum absolute atomic E-state index is 0.144. The molecule has 0 aromatic rings. The van der Waals surface area contributed by atoms with Gasteiger partial charge in [0.1, 0.15) is 6.42 Å². The summed E-state index contributed by atoms with van der Waals surface area (Å²) in [6.45, 7) is 2.82. The highest BCUT2D eigenvalue weighted by atomic mass is 19.1. The van der Waals surface area contributed by atoms with Crippen molar-refractivity contribution >= 4 is 11.8 Å². The summed E-state index contributed by atoms with van der Waals surface area (Å²) >= 11 is 0. The van der Waals surface area contributed by atoms with Crippen molar-refractivity contribution in [1.29, 1.82) is 0 Å². The van der Waals surface area contributed by atoms with Crippen molar-refractivity contribution < 1.29 is 18.7 Å². The Hall–Kier alpha value is -0.970. The molecule has 0 unspecified atom stereocenters. The Morgan fingerprint density at radius 2 is 2.00 bits per heavy atom. The summed E-state index contributed by atoms with van der Waals surface area (Å²) in [5.41, 5.74) is -1.84. The third-order valence-electron chi connectivity index (χ3n) is 2.51. The van der Waals surface area contributed by atoms with Gasteiger partial charge in [0.2, 0.25) is 0 Å². The van der Waals surface area contributed by atoms with Crippen LogP contribution < -0.4 is 5.32 Å². The normalized spacial score (nSPS) is 19.6. The fourth-order valence-corrected chi connectivity index (χ4v) is 1.60. The van der Waals surface area contributed by atoms with Crippen LogP contribution in [0.25, 0.3) is 0 Å². The minimum atomic E-state index is -1.84. The first kappa shape index (κ1) is 12.1. The number of Topliss-reactive ketones (excluding diaryl/α,β-unsaturated/α-hetero) is 1. The van der Waals surface area contributed by atoms with E-state index in [4.69, 9.17) is 0 Å². The molecule has 1 aliphatic heterocycles. The second-order valence-electron chi connectivity index (χ2n) is 3.62. The van der Waals surface area contributed by atoms with Gasteiger partial charge in [0.25, 0.3) is 0 Å². The quantitative estimate of drug-likeness (QED) is 0.553. The van der Waals surface area contributed by atoms with E-state index in [-0.39, 0.29) is 19.4 Å². The molecule has 0 aliphatic carbocycles. The van der Waals surface area contributed by atoms with Gasteiger partial charge in [-0.15, -0.1) is 0 Å². The van der Waals surface area contributed by atoms with Gasteiger partial charge in [0, 0.05) is 12.8 Å². The van der Waals surface area contributed by atoms with Crippen LogP contribution in [0.4, 0.5) is 4.39 Å². The summed E-state index contributed by atoms with van der Waals surface area (Å²) in [5.74, 6) is -1.29. The van der Waals surface area contributed by atoms with Gasteiger partial charge in [-0.1, -0.05) is 0 Å². The third kappa shape index (κ3) is 3.27. The van der Waals surface area contributed by atoms with E-state index in [1.165, 1.54) is 0 Å². The number of nitrogens with one attached hydrogen (secondary N) is 1. The van der Waals surface area contributed by atoms with Crippen molar-refractivity contribution in [1.82, 2.24) is 5.32 Å². The molecule has 0 radical (unpaired) electrons. The van der Waals surface area contributed by atoms with E-state index in [2.05, 4.69) is 10.1 Å². The number of carbonyl (C=O) groups is 2. The molecule has 5 heteroatoms. The monoisotopic (exact) mass is 217 g/mol. The number of ketones is 1. The summed E-state index contributed by atoms with van der Waals surface area (Å²) in [4.78, 5) is 22.5. The zero-order chi connectivity index (χ0) is 11.3. The first-order chi connectivity index (χ1) is 7.08. The van der Waals surface area contributed by atoms with Crippen molar-refractivity contribution in [2.24, 2.45) is 0 Å². The molecular formula is C10H16FNO3. The number of ether oxygens (including phenoxy) is 1. The minimum Gasteiger partial charge on any atom is -0.466 e. The SMILES string of the molecule is CCOC(=O)CC(=O)C1(F)CCNCC1. The van der Waals surface area contributed by atoms with E-state index in [1.807, 2.05) is 0 Å². The molecule has 1 saturated heterocycles. The number of halogens is 1. The highest BCUT2D eigenvalue weighted by molar-refractivity contribution is 6.00. The molecule has 0 bridgehead atoms. The Balaban J connectivity index is 2.47. The molecule has 1 rings (SSSR count). The Morgan fingerprint density at radius 1 is 1.40 bits per heavy atom. The molecular weight excluding hydrogens is 201 g/mol. The van der Waals surface area contributed by atoms with Gasteiger partial charge in [0.05, 0.1) is 6.61 Å². The molecule has 1 heterocycles. The van der Waals surface area contributed by atoms with Gasteiger partial charge < -0.3 is 10.1 Å². The summed E-state index contributed by atoms with van der Waals surface area (Å²) in [7, 11) is 0. The molecule has 0 amide bonds. The molecule has 0 aromatic heterocycles. The fourth-order valence-electron chi connectivity index (χ4n) is 1.60. The van der Waals surface area contributed by atoms with E-state index >= 15 is 0 Å². The Bertz CT molecular complexity index is 249. The molecule has 4 nitrogen and oxygen atoms in total. The van der Waals surface area contributed by atoms with E-state index in [1.54, 1.807) is 6.92 Å². The molecule has 1 N–H and O–H groups in total. The lowest BCUT2D eigenvalue weighted by atomic mass is 9.88. The number of carbonyl (C=O) groups excluding carboxylic acids is 2. The first-order valence-corrected chi connectivity index (χ1v) is 5.17. The van der Waals surface area contributed by atoms with Crippen LogP contribution in [-0.2, 0) is 14.3 Å². The second kappa shape index (κ2) is 5.21. The molecule has 0 spiro atoms. The predicted octanol–water partition coefficient (Wildman–Crippen LogP) is 0.600. The molecule has 86 valence electrons. The zero-order valence-corrected chi connectivity index (χ0v) is 8.85. The lowest BCUT2D eigenvalue weighted by molar-refractivity contribution is -0.149. The standard InChI is InChI=1S/C10H16FNO3/c1-2-15-9(14)7-8(13)10(11)3-5-12-6-4-10/h12H,2-7H2,1H3. The Morgan fingerprint density at radius 3 is 2.53 bits per heavy atom. The van der Waals surface area contributed by atoms with Crippen LogP contribution in [0.2, 0.25) is 0 Å². The van der Waals surface area contributed by atoms with Crippen molar-refractivity contribution in [3.05, 3.63) is 0 Å². The van der Waals surface area contributed by atoms with Crippen molar-refractivity contribution in [3.63, 3.8) is 0 Å². The summed E-state index contributed by atoms with van der Waals surface area (Å²) in [6.07, 6.45) is -0.166. The van der Waals surface area contributed by atoms with Crippen molar-refractivity contribution in [2.45, 2.75) is 31.9 Å². The van der Waals surface area contributed by atoms with Gasteiger partial charge in [-0.05, 0) is 20.0 Å². The van der Waals surface area contributed by atoms with Gasteiger partial charge >= 0.3 is 5.97 Å². The second-order valence-corrected chi connectivity index (χ2v) is 3.62. The third-order valence-corrected chi connectivity index (χ3v) is 2.51. The van der Waals surface area contributed by atoms with Crippen LogP contribution in [-0.4, -0.2) is 37.1 Å². The maximum atomic E-state index is 14.0. The Labute approximate surface area is 88.2 Å². The first-order valence-electron chi connectivity index (χ1n) is 5.17. The van der Waals surface area contributed by atoms with Gasteiger partial charge in [-0.2, -0.15) is 0 Å². The summed E-state index contributed by atoms with van der Waals surface area (Å²) < 4.78 is 18.6. The van der Waals surface area contributed by atoms with Crippen LogP contribution in [0.3, 0.4) is 0 Å². The summed E-state index contributed by atoms with van der Waals surface area (Å²) in [6, 6.07) is 0. The molecule has 1 aliphatic rings. The molecule has 15 heavy (non-hydrogen) atoms. The van der Waals surface area contributed by atoms with Crippen LogP contribution in [0, 0.1) is 0 Å². The topological polar surface area (TPSA) is 55.4 Å². The van der Waals surface area contributed by atoms with Crippen LogP contribution in [0.15, 0.2) is 0 Å². The molecule has 0 aromatic carbocycles. The van der Waals surface area contributed by atoms with Gasteiger partial charge in [-0.25, -0.2) is 4.39 Å². The van der Waals surface area contributed by atoms with Crippen LogP contribution >= 0.6 is 0 Å². The molecule has 0 atom stereocenters. The number of alkyl halides is 1. The molecule has 0 saturated carbocycles. The lowest BCUT2D eigenvalue weighted by Crippen LogP contribution is -2.45. The fraction of sp³-hybridized carbons (Fsp3) is 0.800. The average molecular weight is 217 g/mol. The van der Waals surface area contributed by atoms with E-state index in [0.717, 1.165) is 0 Å². The highest BCUT2D eigenvalue weighted by Crippen LogP contribution is 2.25. The Kier molecular flexibility index (Phi) is 4.20. The maximum Gasteiger partial charge on any atom is 0.313 e. The van der Waals surface area contributed by atoms with Crippen LogP contribution in [0.1, 0.15) is 26.2 Å². The summed E-state index contributed by atoms with van der Waals surface area (Å²) in [5, 5.41) is 2.96. The largest absolute Gasteiger partial charge is 0.466 e. The number of hydrogen-bond donors (Lipinski definition) is 1. The number of esters is 1. The maximum absolute atomic E-state index is 14.0.